The van der Waals surface area contributed by atoms with Crippen molar-refractivity contribution in [3.63, 3.8) is 0 Å². The summed E-state index contributed by atoms with van der Waals surface area (Å²) in [6.45, 7) is 3.12. The summed E-state index contributed by atoms with van der Waals surface area (Å²) >= 11 is 0. The van der Waals surface area contributed by atoms with E-state index in [-0.39, 0.29) is 11.9 Å². The number of likely N-dealkylation sites (N-methyl/N-ethyl adjacent to an activating group) is 1. The molecule has 25 heavy (non-hydrogen) atoms. The second-order valence-electron chi connectivity index (χ2n) is 5.92. The van der Waals surface area contributed by atoms with Crippen LogP contribution in [0.25, 0.3) is 0 Å². The number of hydrogen-bond donors (Lipinski definition) is 1. The molecule has 0 aliphatic rings. The molecule has 0 saturated carbocycles. The van der Waals surface area contributed by atoms with Gasteiger partial charge < -0.3 is 19.7 Å². The summed E-state index contributed by atoms with van der Waals surface area (Å²) in [5.74, 6) is 1.41. The van der Waals surface area contributed by atoms with Crippen LogP contribution in [0.15, 0.2) is 48.5 Å². The minimum Gasteiger partial charge on any atom is -0.497 e. The molecule has 5 heteroatoms. The molecule has 0 bridgehead atoms. The van der Waals surface area contributed by atoms with Crippen LogP contribution >= 0.6 is 0 Å². The summed E-state index contributed by atoms with van der Waals surface area (Å²) in [6, 6.07) is 15.2. The van der Waals surface area contributed by atoms with Crippen LogP contribution < -0.4 is 14.8 Å². The van der Waals surface area contributed by atoms with E-state index >= 15 is 0 Å². The molecule has 0 aromatic heterocycles. The van der Waals surface area contributed by atoms with Gasteiger partial charge in [0.05, 0.1) is 19.8 Å². The summed E-state index contributed by atoms with van der Waals surface area (Å²) in [5, 5.41) is 3.00. The number of carbonyl (C=O) groups is 1. The Kier molecular flexibility index (Phi) is 6.83. The fraction of sp³-hybridized carbons (Fsp3) is 0.350. The highest BCUT2D eigenvalue weighted by molar-refractivity contribution is 5.94. The Bertz CT molecular complexity index is 684. The second-order valence-corrected chi connectivity index (χ2v) is 5.92. The minimum absolute atomic E-state index is 0.0743. The van der Waals surface area contributed by atoms with Crippen molar-refractivity contribution in [3.05, 3.63) is 59.7 Å². The smallest absolute Gasteiger partial charge is 0.251 e. The third kappa shape index (κ3) is 5.22. The molecule has 0 aliphatic carbocycles. The highest BCUT2D eigenvalue weighted by Crippen LogP contribution is 2.21. The molecule has 0 radical (unpaired) electrons. The number of benzene rings is 2. The van der Waals surface area contributed by atoms with Crippen LogP contribution in [0.1, 0.15) is 28.9 Å². The highest BCUT2D eigenvalue weighted by atomic mass is 16.5. The van der Waals surface area contributed by atoms with Crippen molar-refractivity contribution in [2.24, 2.45) is 0 Å². The Hall–Kier alpha value is -2.53. The van der Waals surface area contributed by atoms with E-state index in [1.165, 1.54) is 0 Å². The lowest BCUT2D eigenvalue weighted by Gasteiger charge is -2.25. The Morgan fingerprint density at radius 1 is 1.12 bits per heavy atom. The SMILES string of the molecule is CCOc1ccc(C(CNC(=O)c2cccc(OC)c2)N(C)C)cc1. The molecular formula is C20H26N2O3. The number of rotatable bonds is 8. The van der Waals surface area contributed by atoms with Crippen LogP contribution in [0.2, 0.25) is 0 Å². The number of amides is 1. The lowest BCUT2D eigenvalue weighted by atomic mass is 10.1. The number of hydrogen-bond acceptors (Lipinski definition) is 4. The van der Waals surface area contributed by atoms with Crippen molar-refractivity contribution >= 4 is 5.91 Å². The molecule has 134 valence electrons. The van der Waals surface area contributed by atoms with E-state index in [9.17, 15) is 4.79 Å². The predicted octanol–water partition coefficient (Wildman–Crippen LogP) is 3.13. The third-order valence-corrected chi connectivity index (χ3v) is 3.99. The van der Waals surface area contributed by atoms with E-state index < -0.39 is 0 Å². The number of nitrogens with one attached hydrogen (secondary N) is 1. The van der Waals surface area contributed by atoms with Gasteiger partial charge in [-0.25, -0.2) is 0 Å². The van der Waals surface area contributed by atoms with Gasteiger partial charge in [0.1, 0.15) is 11.5 Å². The van der Waals surface area contributed by atoms with Crippen molar-refractivity contribution in [2.45, 2.75) is 13.0 Å². The van der Waals surface area contributed by atoms with Crippen LogP contribution in [0, 0.1) is 0 Å². The maximum atomic E-state index is 12.4. The Morgan fingerprint density at radius 2 is 1.84 bits per heavy atom. The topological polar surface area (TPSA) is 50.8 Å². The van der Waals surface area contributed by atoms with Gasteiger partial charge in [-0.3, -0.25) is 4.79 Å². The summed E-state index contributed by atoms with van der Waals surface area (Å²) in [4.78, 5) is 14.5. The van der Waals surface area contributed by atoms with Crippen LogP contribution in [-0.4, -0.2) is 45.2 Å². The van der Waals surface area contributed by atoms with Gasteiger partial charge in [0, 0.05) is 12.1 Å². The zero-order valence-corrected chi connectivity index (χ0v) is 15.3. The highest BCUT2D eigenvalue weighted by Gasteiger charge is 2.16. The molecule has 1 amide bonds. The first kappa shape index (κ1) is 18.8. The van der Waals surface area contributed by atoms with Crippen molar-refractivity contribution < 1.29 is 14.3 Å². The van der Waals surface area contributed by atoms with Crippen LogP contribution in [0.5, 0.6) is 11.5 Å². The average Bonchev–Trinajstić information content (AvgIpc) is 2.63. The lowest BCUT2D eigenvalue weighted by molar-refractivity contribution is 0.0941. The molecule has 0 fully saturated rings. The number of nitrogens with zero attached hydrogens (tertiary/aromatic N) is 1. The van der Waals surface area contributed by atoms with Gasteiger partial charge in [-0.15, -0.1) is 0 Å². The predicted molar refractivity (Wildman–Crippen MR) is 99.4 cm³/mol. The number of carbonyl (C=O) groups excluding carboxylic acids is 1. The van der Waals surface area contributed by atoms with Gasteiger partial charge in [0.25, 0.3) is 5.91 Å². The normalized spacial score (nSPS) is 11.9. The van der Waals surface area contributed by atoms with Gasteiger partial charge in [0.15, 0.2) is 0 Å². The maximum absolute atomic E-state index is 12.4. The van der Waals surface area contributed by atoms with Crippen molar-refractivity contribution in [1.82, 2.24) is 10.2 Å². The van der Waals surface area contributed by atoms with Gasteiger partial charge >= 0.3 is 0 Å². The summed E-state index contributed by atoms with van der Waals surface area (Å²) in [7, 11) is 5.59. The zero-order valence-electron chi connectivity index (χ0n) is 15.3. The van der Waals surface area contributed by atoms with Gasteiger partial charge in [0.2, 0.25) is 0 Å². The molecule has 2 aromatic carbocycles. The molecule has 0 aliphatic heterocycles. The monoisotopic (exact) mass is 342 g/mol. The summed E-state index contributed by atoms with van der Waals surface area (Å²) < 4.78 is 10.7. The standard InChI is InChI=1S/C20H26N2O3/c1-5-25-17-11-9-15(10-12-17)19(22(2)3)14-21-20(23)16-7-6-8-18(13-16)24-4/h6-13,19H,5,14H2,1-4H3,(H,21,23). The molecule has 2 aromatic rings. The van der Waals surface area contributed by atoms with E-state index in [1.807, 2.05) is 57.4 Å². The van der Waals surface area contributed by atoms with Gasteiger partial charge in [-0.05, 0) is 56.9 Å². The first-order valence-corrected chi connectivity index (χ1v) is 8.36. The maximum Gasteiger partial charge on any atom is 0.251 e. The minimum atomic E-state index is -0.114. The Morgan fingerprint density at radius 3 is 2.44 bits per heavy atom. The zero-order chi connectivity index (χ0) is 18.2. The first-order valence-electron chi connectivity index (χ1n) is 8.36. The molecule has 1 unspecified atom stereocenters. The Labute approximate surface area is 149 Å². The molecule has 0 spiro atoms. The molecule has 1 N–H and O–H groups in total. The number of ether oxygens (including phenoxy) is 2. The van der Waals surface area contributed by atoms with Gasteiger partial charge in [-0.1, -0.05) is 18.2 Å². The molecular weight excluding hydrogens is 316 g/mol. The van der Waals surface area contributed by atoms with E-state index in [0.29, 0.717) is 24.5 Å². The molecule has 5 nitrogen and oxygen atoms in total. The van der Waals surface area contributed by atoms with Crippen LogP contribution in [0.4, 0.5) is 0 Å². The van der Waals surface area contributed by atoms with Crippen LogP contribution in [-0.2, 0) is 0 Å². The fourth-order valence-electron chi connectivity index (χ4n) is 2.61. The molecule has 0 saturated heterocycles. The molecule has 2 rings (SSSR count). The Balaban J connectivity index is 2.04. The average molecular weight is 342 g/mol. The van der Waals surface area contributed by atoms with Crippen molar-refractivity contribution in [3.8, 4) is 11.5 Å². The van der Waals surface area contributed by atoms with Gasteiger partial charge in [-0.2, -0.15) is 0 Å². The van der Waals surface area contributed by atoms with E-state index in [4.69, 9.17) is 9.47 Å². The van der Waals surface area contributed by atoms with Crippen molar-refractivity contribution in [1.29, 1.82) is 0 Å². The summed E-state index contributed by atoms with van der Waals surface area (Å²) in [5.41, 5.74) is 1.71. The third-order valence-electron chi connectivity index (χ3n) is 3.99. The quantitative estimate of drug-likeness (QED) is 0.801. The molecule has 1 atom stereocenters. The molecule has 0 heterocycles. The lowest BCUT2D eigenvalue weighted by Crippen LogP contribution is -2.34. The van der Waals surface area contributed by atoms with E-state index in [0.717, 1.165) is 11.3 Å². The largest absolute Gasteiger partial charge is 0.497 e. The van der Waals surface area contributed by atoms with E-state index in [2.05, 4.69) is 10.2 Å². The van der Waals surface area contributed by atoms with Crippen molar-refractivity contribution in [2.75, 3.05) is 34.4 Å². The second kappa shape index (κ2) is 9.08. The fourth-order valence-corrected chi connectivity index (χ4v) is 2.61. The first-order chi connectivity index (χ1) is 12.0. The number of methoxy groups -OCH3 is 1. The summed E-state index contributed by atoms with van der Waals surface area (Å²) in [6.07, 6.45) is 0. The van der Waals surface area contributed by atoms with E-state index in [1.54, 1.807) is 19.2 Å². The van der Waals surface area contributed by atoms with Crippen LogP contribution in [0.3, 0.4) is 0 Å².